The van der Waals surface area contributed by atoms with Crippen LogP contribution in [0.5, 0.6) is 0 Å². The van der Waals surface area contributed by atoms with Crippen LogP contribution in [-0.4, -0.2) is 17.9 Å². The van der Waals surface area contributed by atoms with E-state index in [1.54, 1.807) is 11.0 Å². The molecule has 0 aromatic heterocycles. The molecule has 0 aliphatic heterocycles. The van der Waals surface area contributed by atoms with Crippen LogP contribution in [0.4, 0.5) is 0 Å². The van der Waals surface area contributed by atoms with Gasteiger partial charge < -0.3 is 4.90 Å². The summed E-state index contributed by atoms with van der Waals surface area (Å²) in [6.07, 6.45) is 0. The predicted octanol–water partition coefficient (Wildman–Crippen LogP) is 3.56. The molecule has 0 saturated heterocycles. The van der Waals surface area contributed by atoms with Crippen molar-refractivity contribution in [2.75, 3.05) is 7.05 Å². The Kier molecular flexibility index (Phi) is 4.27. The molecule has 0 aliphatic rings. The zero-order valence-corrected chi connectivity index (χ0v) is 12.0. The Balaban J connectivity index is 2.12. The second-order valence-electron chi connectivity index (χ2n) is 4.70. The van der Waals surface area contributed by atoms with Gasteiger partial charge in [0, 0.05) is 24.1 Å². The first-order valence-electron chi connectivity index (χ1n) is 6.16. The largest absolute Gasteiger partial charge is 0.337 e. The van der Waals surface area contributed by atoms with E-state index in [4.69, 9.17) is 0 Å². The molecule has 3 heteroatoms. The molecule has 0 bridgehead atoms. The SMILES string of the molecule is Cc1cccc(CN(C)C(=O)c2cccc(S)c2)c1. The monoisotopic (exact) mass is 271 g/mol. The number of hydrogen-bond acceptors (Lipinski definition) is 2. The molecular formula is C16H17NOS. The standard InChI is InChI=1S/C16H17NOS/c1-12-5-3-6-13(9-12)11-17(2)16(18)14-7-4-8-15(19)10-14/h3-10,19H,11H2,1-2H3. The topological polar surface area (TPSA) is 20.3 Å². The van der Waals surface area contributed by atoms with E-state index in [0.717, 1.165) is 10.5 Å². The Morgan fingerprint density at radius 1 is 1.16 bits per heavy atom. The zero-order valence-electron chi connectivity index (χ0n) is 11.1. The number of nitrogens with zero attached hydrogens (tertiary/aromatic N) is 1. The number of aryl methyl sites for hydroxylation is 1. The summed E-state index contributed by atoms with van der Waals surface area (Å²) in [6.45, 7) is 2.66. The van der Waals surface area contributed by atoms with Crippen LogP contribution in [0.2, 0.25) is 0 Å². The zero-order chi connectivity index (χ0) is 13.8. The lowest BCUT2D eigenvalue weighted by molar-refractivity contribution is 0.0785. The van der Waals surface area contributed by atoms with Gasteiger partial charge in [0.25, 0.3) is 5.91 Å². The second kappa shape index (κ2) is 5.93. The Morgan fingerprint density at radius 3 is 2.58 bits per heavy atom. The molecule has 0 fully saturated rings. The molecular weight excluding hydrogens is 254 g/mol. The maximum atomic E-state index is 12.3. The molecule has 98 valence electrons. The molecule has 0 radical (unpaired) electrons. The highest BCUT2D eigenvalue weighted by molar-refractivity contribution is 7.80. The Bertz CT molecular complexity index is 595. The van der Waals surface area contributed by atoms with Gasteiger partial charge in [0.15, 0.2) is 0 Å². The molecule has 1 amide bonds. The summed E-state index contributed by atoms with van der Waals surface area (Å²) in [5.41, 5.74) is 3.01. The molecule has 0 saturated carbocycles. The van der Waals surface area contributed by atoms with E-state index in [9.17, 15) is 4.79 Å². The van der Waals surface area contributed by atoms with Gasteiger partial charge in [0.1, 0.15) is 0 Å². The summed E-state index contributed by atoms with van der Waals surface area (Å²) in [4.78, 5) is 14.8. The number of amides is 1. The summed E-state index contributed by atoms with van der Waals surface area (Å²) in [5.74, 6) is 0.0115. The smallest absolute Gasteiger partial charge is 0.253 e. The second-order valence-corrected chi connectivity index (χ2v) is 5.22. The van der Waals surface area contributed by atoms with Gasteiger partial charge in [-0.25, -0.2) is 0 Å². The summed E-state index contributed by atoms with van der Waals surface area (Å²) in [5, 5.41) is 0. The Hall–Kier alpha value is -1.74. The number of thiol groups is 1. The van der Waals surface area contributed by atoms with Crippen molar-refractivity contribution in [2.24, 2.45) is 0 Å². The fraction of sp³-hybridized carbons (Fsp3) is 0.188. The van der Waals surface area contributed by atoms with Crippen molar-refractivity contribution in [2.45, 2.75) is 18.4 Å². The lowest BCUT2D eigenvalue weighted by Gasteiger charge is -2.17. The number of carbonyl (C=O) groups is 1. The third-order valence-electron chi connectivity index (χ3n) is 2.94. The minimum absolute atomic E-state index is 0.0115. The van der Waals surface area contributed by atoms with E-state index in [2.05, 4.69) is 31.7 Å². The van der Waals surface area contributed by atoms with Gasteiger partial charge in [0.2, 0.25) is 0 Å². The Morgan fingerprint density at radius 2 is 1.89 bits per heavy atom. The van der Waals surface area contributed by atoms with E-state index in [1.807, 2.05) is 37.4 Å². The molecule has 19 heavy (non-hydrogen) atoms. The Labute approximate surface area is 119 Å². The number of benzene rings is 2. The van der Waals surface area contributed by atoms with Crippen molar-refractivity contribution in [1.82, 2.24) is 4.90 Å². The highest BCUT2D eigenvalue weighted by Gasteiger charge is 2.12. The molecule has 0 N–H and O–H groups in total. The maximum Gasteiger partial charge on any atom is 0.253 e. The van der Waals surface area contributed by atoms with Crippen molar-refractivity contribution in [3.05, 3.63) is 65.2 Å². The normalized spacial score (nSPS) is 10.3. The molecule has 2 aromatic rings. The van der Waals surface area contributed by atoms with Gasteiger partial charge in [-0.3, -0.25) is 4.79 Å². The van der Waals surface area contributed by atoms with E-state index < -0.39 is 0 Å². The van der Waals surface area contributed by atoms with Gasteiger partial charge in [-0.1, -0.05) is 35.9 Å². The van der Waals surface area contributed by atoms with Gasteiger partial charge in [-0.05, 0) is 30.7 Å². The fourth-order valence-corrected chi connectivity index (χ4v) is 2.24. The van der Waals surface area contributed by atoms with Crippen molar-refractivity contribution in [1.29, 1.82) is 0 Å². The summed E-state index contributed by atoms with van der Waals surface area (Å²) >= 11 is 4.26. The number of rotatable bonds is 3. The van der Waals surface area contributed by atoms with Crippen molar-refractivity contribution >= 4 is 18.5 Å². The maximum absolute atomic E-state index is 12.3. The van der Waals surface area contributed by atoms with Crippen molar-refractivity contribution < 1.29 is 4.79 Å². The van der Waals surface area contributed by atoms with E-state index in [-0.39, 0.29) is 5.91 Å². The van der Waals surface area contributed by atoms with Crippen LogP contribution >= 0.6 is 12.6 Å². The minimum Gasteiger partial charge on any atom is -0.337 e. The van der Waals surface area contributed by atoms with Crippen molar-refractivity contribution in [3.63, 3.8) is 0 Å². The highest BCUT2D eigenvalue weighted by atomic mass is 32.1. The molecule has 0 atom stereocenters. The first-order chi connectivity index (χ1) is 9.06. The van der Waals surface area contributed by atoms with Crippen molar-refractivity contribution in [3.8, 4) is 0 Å². The van der Waals surface area contributed by atoms with Gasteiger partial charge in [-0.15, -0.1) is 12.6 Å². The van der Waals surface area contributed by atoms with Crippen LogP contribution in [0.3, 0.4) is 0 Å². The highest BCUT2D eigenvalue weighted by Crippen LogP contribution is 2.13. The molecule has 0 heterocycles. The molecule has 0 unspecified atom stereocenters. The molecule has 2 nitrogen and oxygen atoms in total. The molecule has 2 rings (SSSR count). The summed E-state index contributed by atoms with van der Waals surface area (Å²) < 4.78 is 0. The average molecular weight is 271 g/mol. The van der Waals surface area contributed by atoms with Gasteiger partial charge >= 0.3 is 0 Å². The minimum atomic E-state index is 0.0115. The quantitative estimate of drug-likeness (QED) is 0.846. The van der Waals surface area contributed by atoms with Crippen LogP contribution in [-0.2, 0) is 6.54 Å². The van der Waals surface area contributed by atoms with E-state index in [1.165, 1.54) is 5.56 Å². The predicted molar refractivity (Wildman–Crippen MR) is 80.7 cm³/mol. The van der Waals surface area contributed by atoms with Crippen LogP contribution < -0.4 is 0 Å². The lowest BCUT2D eigenvalue weighted by Crippen LogP contribution is -2.26. The molecule has 2 aromatic carbocycles. The summed E-state index contributed by atoms with van der Waals surface area (Å²) in [7, 11) is 1.82. The summed E-state index contributed by atoms with van der Waals surface area (Å²) in [6, 6.07) is 15.5. The number of hydrogen-bond donors (Lipinski definition) is 1. The lowest BCUT2D eigenvalue weighted by atomic mass is 10.1. The van der Waals surface area contributed by atoms with Crippen LogP contribution in [0.15, 0.2) is 53.4 Å². The molecule has 0 spiro atoms. The van der Waals surface area contributed by atoms with Crippen LogP contribution in [0.1, 0.15) is 21.5 Å². The van der Waals surface area contributed by atoms with E-state index in [0.29, 0.717) is 12.1 Å². The average Bonchev–Trinajstić information content (AvgIpc) is 2.38. The van der Waals surface area contributed by atoms with Gasteiger partial charge in [-0.2, -0.15) is 0 Å². The first-order valence-corrected chi connectivity index (χ1v) is 6.61. The van der Waals surface area contributed by atoms with Crippen LogP contribution in [0, 0.1) is 6.92 Å². The van der Waals surface area contributed by atoms with Crippen LogP contribution in [0.25, 0.3) is 0 Å². The molecule has 0 aliphatic carbocycles. The fourth-order valence-electron chi connectivity index (χ4n) is 2.02. The number of carbonyl (C=O) groups excluding carboxylic acids is 1. The van der Waals surface area contributed by atoms with Gasteiger partial charge in [0.05, 0.1) is 0 Å². The third kappa shape index (κ3) is 3.61. The third-order valence-corrected chi connectivity index (χ3v) is 3.22. The first kappa shape index (κ1) is 13.7. The van der Waals surface area contributed by atoms with E-state index >= 15 is 0 Å².